The summed E-state index contributed by atoms with van der Waals surface area (Å²) < 4.78 is 39.2. The summed E-state index contributed by atoms with van der Waals surface area (Å²) in [6.45, 7) is 0.632. The van der Waals surface area contributed by atoms with Crippen LogP contribution in [0.25, 0.3) is 11.0 Å². The van der Waals surface area contributed by atoms with E-state index in [0.29, 0.717) is 23.4 Å². The van der Waals surface area contributed by atoms with Crippen molar-refractivity contribution in [1.82, 2.24) is 20.2 Å². The van der Waals surface area contributed by atoms with Gasteiger partial charge < -0.3 is 15.4 Å². The van der Waals surface area contributed by atoms with Crippen LogP contribution in [0.1, 0.15) is 16.2 Å². The molecule has 23 heavy (non-hydrogen) atoms. The van der Waals surface area contributed by atoms with Crippen molar-refractivity contribution < 1.29 is 23.1 Å². The van der Waals surface area contributed by atoms with Crippen molar-refractivity contribution in [2.24, 2.45) is 0 Å². The summed E-state index contributed by atoms with van der Waals surface area (Å²) in [4.78, 5) is 19.4. The van der Waals surface area contributed by atoms with Gasteiger partial charge in [0.25, 0.3) is 0 Å². The van der Waals surface area contributed by atoms with E-state index in [1.165, 1.54) is 23.1 Å². The maximum Gasteiger partial charge on any atom is 0.405 e. The lowest BCUT2D eigenvalue weighted by Crippen LogP contribution is -2.57. The van der Waals surface area contributed by atoms with E-state index in [-0.39, 0.29) is 25.2 Å². The Morgan fingerprint density at radius 2 is 2.22 bits per heavy atom. The van der Waals surface area contributed by atoms with Gasteiger partial charge in [0.15, 0.2) is 0 Å². The maximum atomic E-state index is 13.1. The van der Waals surface area contributed by atoms with Gasteiger partial charge in [0.1, 0.15) is 11.9 Å². The fourth-order valence-electron chi connectivity index (χ4n) is 2.72. The number of imidazole rings is 1. The number of alkyl halides is 3. The van der Waals surface area contributed by atoms with Gasteiger partial charge in [-0.25, -0.2) is 9.78 Å². The standard InChI is InChI=1S/C14H15F3N4O2/c15-14(16,17)11-6-18-3-4-21(11)7-12-19-9-2-1-8(13(22)23)5-10(9)20-12/h1-2,5,11,18H,3-4,6-7H2,(H,19,20)(H,22,23). The maximum absolute atomic E-state index is 13.1. The predicted molar refractivity (Wildman–Crippen MR) is 76.2 cm³/mol. The van der Waals surface area contributed by atoms with Crippen molar-refractivity contribution in [2.45, 2.75) is 18.8 Å². The van der Waals surface area contributed by atoms with Crippen molar-refractivity contribution in [3.05, 3.63) is 29.6 Å². The van der Waals surface area contributed by atoms with Crippen molar-refractivity contribution >= 4 is 17.0 Å². The van der Waals surface area contributed by atoms with Crippen LogP contribution in [0.4, 0.5) is 13.2 Å². The number of fused-ring (bicyclic) bond motifs is 1. The summed E-state index contributed by atoms with van der Waals surface area (Å²) >= 11 is 0. The molecule has 0 bridgehead atoms. The highest BCUT2D eigenvalue weighted by Crippen LogP contribution is 2.27. The number of nitrogens with one attached hydrogen (secondary N) is 2. The molecule has 3 N–H and O–H groups in total. The van der Waals surface area contributed by atoms with Crippen LogP contribution < -0.4 is 5.32 Å². The fraction of sp³-hybridized carbons (Fsp3) is 0.429. The third-order valence-corrected chi connectivity index (χ3v) is 3.86. The van der Waals surface area contributed by atoms with E-state index >= 15 is 0 Å². The summed E-state index contributed by atoms with van der Waals surface area (Å²) in [5.41, 5.74) is 1.13. The molecule has 1 aromatic carbocycles. The fourth-order valence-corrected chi connectivity index (χ4v) is 2.72. The molecule has 0 spiro atoms. The second-order valence-electron chi connectivity index (χ2n) is 5.45. The number of rotatable bonds is 3. The van der Waals surface area contributed by atoms with Gasteiger partial charge in [-0.1, -0.05) is 0 Å². The number of aromatic carboxylic acids is 1. The normalized spacial score (nSPS) is 20.0. The molecule has 2 heterocycles. The first kappa shape index (κ1) is 15.8. The Kier molecular flexibility index (Phi) is 3.99. The van der Waals surface area contributed by atoms with Gasteiger partial charge in [-0.2, -0.15) is 13.2 Å². The Labute approximate surface area is 129 Å². The SMILES string of the molecule is O=C(O)c1ccc2nc(CN3CCNCC3C(F)(F)F)[nH]c2c1. The number of hydrogen-bond donors (Lipinski definition) is 3. The average molecular weight is 328 g/mol. The van der Waals surface area contributed by atoms with Gasteiger partial charge in [-0.05, 0) is 18.2 Å². The molecule has 3 rings (SSSR count). The molecule has 1 fully saturated rings. The molecule has 1 aromatic heterocycles. The smallest absolute Gasteiger partial charge is 0.405 e. The highest BCUT2D eigenvalue weighted by molar-refractivity contribution is 5.92. The number of benzene rings is 1. The van der Waals surface area contributed by atoms with Gasteiger partial charge >= 0.3 is 12.1 Å². The van der Waals surface area contributed by atoms with Crippen LogP contribution in [0.2, 0.25) is 0 Å². The van der Waals surface area contributed by atoms with E-state index in [2.05, 4.69) is 15.3 Å². The Hall–Kier alpha value is -2.13. The van der Waals surface area contributed by atoms with Crippen molar-refractivity contribution in [1.29, 1.82) is 0 Å². The van der Waals surface area contributed by atoms with Crippen LogP contribution in [-0.4, -0.2) is 57.8 Å². The Bertz CT molecular complexity index is 728. The topological polar surface area (TPSA) is 81.2 Å². The van der Waals surface area contributed by atoms with E-state index in [0.717, 1.165) is 0 Å². The summed E-state index contributed by atoms with van der Waals surface area (Å²) in [7, 11) is 0. The highest BCUT2D eigenvalue weighted by atomic mass is 19.4. The average Bonchev–Trinajstić information content (AvgIpc) is 2.87. The Morgan fingerprint density at radius 1 is 1.43 bits per heavy atom. The van der Waals surface area contributed by atoms with Crippen molar-refractivity contribution in [3.63, 3.8) is 0 Å². The summed E-state index contributed by atoms with van der Waals surface area (Å²) in [6.07, 6.45) is -4.31. The monoisotopic (exact) mass is 328 g/mol. The number of aromatic nitrogens is 2. The van der Waals surface area contributed by atoms with Gasteiger partial charge in [0, 0.05) is 19.6 Å². The van der Waals surface area contributed by atoms with E-state index in [1.54, 1.807) is 0 Å². The third kappa shape index (κ3) is 3.30. The molecule has 1 aliphatic heterocycles. The number of nitrogens with zero attached hydrogens (tertiary/aromatic N) is 2. The molecule has 0 aliphatic carbocycles. The zero-order valence-corrected chi connectivity index (χ0v) is 12.0. The summed E-state index contributed by atoms with van der Waals surface area (Å²) in [5.74, 6) is -0.680. The molecule has 2 aromatic rings. The zero-order chi connectivity index (χ0) is 16.6. The van der Waals surface area contributed by atoms with Crippen LogP contribution in [0.15, 0.2) is 18.2 Å². The molecule has 1 saturated heterocycles. The van der Waals surface area contributed by atoms with Crippen molar-refractivity contribution in [3.8, 4) is 0 Å². The van der Waals surface area contributed by atoms with E-state index in [1.807, 2.05) is 0 Å². The van der Waals surface area contributed by atoms with E-state index < -0.39 is 18.2 Å². The minimum atomic E-state index is -4.31. The molecule has 6 nitrogen and oxygen atoms in total. The lowest BCUT2D eigenvalue weighted by atomic mass is 10.2. The third-order valence-electron chi connectivity index (χ3n) is 3.86. The number of H-pyrrole nitrogens is 1. The zero-order valence-electron chi connectivity index (χ0n) is 12.0. The van der Waals surface area contributed by atoms with Gasteiger partial charge in [-0.15, -0.1) is 0 Å². The largest absolute Gasteiger partial charge is 0.478 e. The molecule has 1 unspecified atom stereocenters. The molecular formula is C14H15F3N4O2. The lowest BCUT2D eigenvalue weighted by molar-refractivity contribution is -0.188. The highest BCUT2D eigenvalue weighted by Gasteiger charge is 2.44. The van der Waals surface area contributed by atoms with Gasteiger partial charge in [0.2, 0.25) is 0 Å². The number of aromatic amines is 1. The summed E-state index contributed by atoms with van der Waals surface area (Å²) in [5, 5.41) is 11.7. The van der Waals surface area contributed by atoms with E-state index in [4.69, 9.17) is 5.11 Å². The molecule has 1 aliphatic rings. The van der Waals surface area contributed by atoms with E-state index in [9.17, 15) is 18.0 Å². The number of hydrogen-bond acceptors (Lipinski definition) is 4. The van der Waals surface area contributed by atoms with Crippen LogP contribution in [-0.2, 0) is 6.54 Å². The minimum absolute atomic E-state index is 0.0307. The second-order valence-corrected chi connectivity index (χ2v) is 5.45. The number of piperazine rings is 1. The number of carboxylic acids is 1. The van der Waals surface area contributed by atoms with Crippen LogP contribution in [0.5, 0.6) is 0 Å². The predicted octanol–water partition coefficient (Wildman–Crippen LogP) is 1.60. The van der Waals surface area contributed by atoms with Gasteiger partial charge in [0.05, 0.1) is 23.1 Å². The number of carbonyl (C=O) groups is 1. The first-order valence-electron chi connectivity index (χ1n) is 7.08. The first-order valence-corrected chi connectivity index (χ1v) is 7.08. The Morgan fingerprint density at radius 3 is 2.91 bits per heavy atom. The Balaban J connectivity index is 1.84. The number of carboxylic acid groups (broad SMARTS) is 1. The molecule has 9 heteroatoms. The van der Waals surface area contributed by atoms with Crippen LogP contribution >= 0.6 is 0 Å². The lowest BCUT2D eigenvalue weighted by Gasteiger charge is -2.36. The molecule has 0 saturated carbocycles. The van der Waals surface area contributed by atoms with Crippen molar-refractivity contribution in [2.75, 3.05) is 19.6 Å². The molecule has 0 radical (unpaired) electrons. The minimum Gasteiger partial charge on any atom is -0.478 e. The molecule has 124 valence electrons. The number of halogens is 3. The molecular weight excluding hydrogens is 313 g/mol. The molecule has 1 atom stereocenters. The van der Waals surface area contributed by atoms with Gasteiger partial charge in [-0.3, -0.25) is 4.90 Å². The molecule has 0 amide bonds. The first-order chi connectivity index (χ1) is 10.8. The quantitative estimate of drug-likeness (QED) is 0.797. The second kappa shape index (κ2) is 5.82. The van der Waals surface area contributed by atoms with Crippen LogP contribution in [0.3, 0.4) is 0 Å². The van der Waals surface area contributed by atoms with Crippen LogP contribution in [0, 0.1) is 0 Å². The summed E-state index contributed by atoms with van der Waals surface area (Å²) in [6, 6.07) is 2.82.